The number of pyridine rings is 1. The molecule has 0 saturated heterocycles. The molecule has 0 radical (unpaired) electrons. The van der Waals surface area contributed by atoms with Crippen molar-refractivity contribution in [2.45, 2.75) is 39.7 Å². The lowest BCUT2D eigenvalue weighted by molar-refractivity contribution is 0.0473. The Morgan fingerprint density at radius 3 is 2.85 bits per heavy atom. The van der Waals surface area contributed by atoms with E-state index in [2.05, 4.69) is 18.8 Å². The molecule has 0 fully saturated rings. The number of esters is 1. The van der Waals surface area contributed by atoms with Crippen molar-refractivity contribution in [3.63, 3.8) is 0 Å². The number of ether oxygens (including phenoxy) is 1. The molecule has 3 rings (SSSR count). The number of hydrogen-bond acceptors (Lipinski definition) is 5. The molecule has 5 nitrogen and oxygen atoms in total. The van der Waals surface area contributed by atoms with E-state index in [9.17, 15) is 9.59 Å². The summed E-state index contributed by atoms with van der Waals surface area (Å²) in [5, 5.41) is 0.452. The fourth-order valence-electron chi connectivity index (χ4n) is 2.72. The molecule has 0 spiro atoms. The quantitative estimate of drug-likeness (QED) is 0.589. The van der Waals surface area contributed by atoms with Gasteiger partial charge in [-0.15, -0.1) is 11.3 Å². The first kappa shape index (κ1) is 18.6. The number of carbonyl (C=O) groups excluding carboxylic acids is 1. The van der Waals surface area contributed by atoms with Crippen molar-refractivity contribution < 1.29 is 9.53 Å². The normalized spacial score (nSPS) is 11.0. The summed E-state index contributed by atoms with van der Waals surface area (Å²) in [5.41, 5.74) is 1.80. The maximum atomic E-state index is 12.4. The average Bonchev–Trinajstić information content (AvgIpc) is 3.04. The minimum absolute atomic E-state index is 0.0460. The van der Waals surface area contributed by atoms with Gasteiger partial charge in [0.15, 0.2) is 0 Å². The fraction of sp³-hybridized carbons (Fsp3) is 0.316. The van der Waals surface area contributed by atoms with Crippen LogP contribution in [0.3, 0.4) is 0 Å². The fourth-order valence-corrected chi connectivity index (χ4v) is 4.13. The molecule has 7 heteroatoms. The molecular formula is C19H19ClN2O3S. The van der Waals surface area contributed by atoms with E-state index < -0.39 is 0 Å². The van der Waals surface area contributed by atoms with Crippen LogP contribution in [0.5, 0.6) is 0 Å². The molecule has 0 aliphatic rings. The van der Waals surface area contributed by atoms with Crippen molar-refractivity contribution in [2.24, 2.45) is 0 Å². The molecule has 26 heavy (non-hydrogen) atoms. The summed E-state index contributed by atoms with van der Waals surface area (Å²) in [4.78, 5) is 30.7. The van der Waals surface area contributed by atoms with Crippen molar-refractivity contribution >= 4 is 34.6 Å². The van der Waals surface area contributed by atoms with Crippen molar-refractivity contribution in [3.8, 4) is 0 Å². The zero-order chi connectivity index (χ0) is 18.7. The molecule has 0 bridgehead atoms. The average molecular weight is 391 g/mol. The number of carbonyl (C=O) groups is 1. The lowest BCUT2D eigenvalue weighted by Crippen LogP contribution is -2.16. The van der Waals surface area contributed by atoms with Crippen LogP contribution in [-0.4, -0.2) is 15.4 Å². The Morgan fingerprint density at radius 2 is 2.12 bits per heavy atom. The summed E-state index contributed by atoms with van der Waals surface area (Å²) in [6.45, 7) is 4.15. The SMILES string of the molecule is CCCc1sc(C(=O)OCc2cc(=O)n3cc(Cl)ccc3n2)cc1CC. The number of thiophene rings is 1. The first-order chi connectivity index (χ1) is 12.5. The Balaban J connectivity index is 1.76. The lowest BCUT2D eigenvalue weighted by Gasteiger charge is -2.05. The smallest absolute Gasteiger partial charge is 0.348 e. The first-order valence-electron chi connectivity index (χ1n) is 8.48. The molecule has 3 aromatic rings. The first-order valence-corrected chi connectivity index (χ1v) is 9.67. The molecule has 136 valence electrons. The summed E-state index contributed by atoms with van der Waals surface area (Å²) in [5.74, 6) is -0.384. The van der Waals surface area contributed by atoms with Gasteiger partial charge in [-0.1, -0.05) is 31.9 Å². The molecule has 0 N–H and O–H groups in total. The Kier molecular flexibility index (Phi) is 5.74. The standard InChI is InChI=1S/C19H19ClN2O3S/c1-3-5-15-12(4-2)8-16(26-15)19(24)25-11-14-9-18(23)22-10-13(20)6-7-17(22)21-14/h6-10H,3-5,11H2,1-2H3. The third kappa shape index (κ3) is 3.97. The van der Waals surface area contributed by atoms with E-state index >= 15 is 0 Å². The molecule has 0 saturated carbocycles. The molecule has 3 heterocycles. The number of aromatic nitrogens is 2. The van der Waals surface area contributed by atoms with Crippen LogP contribution in [0.2, 0.25) is 5.02 Å². The Morgan fingerprint density at radius 1 is 1.31 bits per heavy atom. The van der Waals surface area contributed by atoms with Gasteiger partial charge >= 0.3 is 5.97 Å². The van der Waals surface area contributed by atoms with Crippen LogP contribution in [0.1, 0.15) is 46.1 Å². The number of rotatable bonds is 6. The van der Waals surface area contributed by atoms with Crippen molar-refractivity contribution in [1.29, 1.82) is 0 Å². The number of aryl methyl sites for hydroxylation is 2. The molecule has 3 aromatic heterocycles. The van der Waals surface area contributed by atoms with Gasteiger partial charge in [0.1, 0.15) is 17.1 Å². The van der Waals surface area contributed by atoms with E-state index in [1.54, 1.807) is 12.1 Å². The molecule has 0 aromatic carbocycles. The van der Waals surface area contributed by atoms with E-state index in [-0.39, 0.29) is 18.1 Å². The Labute approximate surface area is 160 Å². The van der Waals surface area contributed by atoms with Crippen LogP contribution >= 0.6 is 22.9 Å². The largest absolute Gasteiger partial charge is 0.455 e. The third-order valence-corrected chi connectivity index (χ3v) is 5.42. The second kappa shape index (κ2) is 8.01. The van der Waals surface area contributed by atoms with Gasteiger partial charge in [0, 0.05) is 17.1 Å². The van der Waals surface area contributed by atoms with Gasteiger partial charge in [-0.05, 0) is 36.6 Å². The van der Waals surface area contributed by atoms with Crippen molar-refractivity contribution in [1.82, 2.24) is 9.38 Å². The summed E-state index contributed by atoms with van der Waals surface area (Å²) in [7, 11) is 0. The maximum absolute atomic E-state index is 12.4. The molecular weight excluding hydrogens is 372 g/mol. The minimum atomic E-state index is -0.384. The number of fused-ring (bicyclic) bond motifs is 1. The number of nitrogens with zero attached hydrogens (tertiary/aromatic N) is 2. The van der Waals surface area contributed by atoms with Gasteiger partial charge < -0.3 is 4.74 Å². The van der Waals surface area contributed by atoms with E-state index in [0.29, 0.717) is 21.2 Å². The van der Waals surface area contributed by atoms with E-state index in [4.69, 9.17) is 16.3 Å². The number of halogens is 1. The number of hydrogen-bond donors (Lipinski definition) is 0. The van der Waals surface area contributed by atoms with Gasteiger partial charge in [-0.3, -0.25) is 9.20 Å². The molecule has 0 amide bonds. The summed E-state index contributed by atoms with van der Waals surface area (Å²) in [6, 6.07) is 6.57. The van der Waals surface area contributed by atoms with Crippen LogP contribution in [0.25, 0.3) is 5.65 Å². The zero-order valence-corrected chi connectivity index (χ0v) is 16.2. The highest BCUT2D eigenvalue weighted by atomic mass is 35.5. The van der Waals surface area contributed by atoms with E-state index in [0.717, 1.165) is 19.3 Å². The van der Waals surface area contributed by atoms with Gasteiger partial charge in [-0.2, -0.15) is 0 Å². The molecule has 0 unspecified atom stereocenters. The monoisotopic (exact) mass is 390 g/mol. The minimum Gasteiger partial charge on any atom is -0.455 e. The van der Waals surface area contributed by atoms with Crippen molar-refractivity contribution in [2.75, 3.05) is 0 Å². The van der Waals surface area contributed by atoms with Crippen LogP contribution in [0.15, 0.2) is 35.3 Å². The van der Waals surface area contributed by atoms with E-state index in [1.165, 1.54) is 38.4 Å². The van der Waals surface area contributed by atoms with Gasteiger partial charge in [0.25, 0.3) is 5.56 Å². The Bertz CT molecular complexity index is 1010. The highest BCUT2D eigenvalue weighted by molar-refractivity contribution is 7.14. The van der Waals surface area contributed by atoms with Gasteiger partial charge in [0.2, 0.25) is 0 Å². The highest BCUT2D eigenvalue weighted by Crippen LogP contribution is 2.25. The van der Waals surface area contributed by atoms with E-state index in [1.807, 2.05) is 6.07 Å². The molecule has 0 aliphatic carbocycles. The topological polar surface area (TPSA) is 60.7 Å². The molecule has 0 atom stereocenters. The van der Waals surface area contributed by atoms with Gasteiger partial charge in [0.05, 0.1) is 10.7 Å². The third-order valence-electron chi connectivity index (χ3n) is 3.98. The maximum Gasteiger partial charge on any atom is 0.348 e. The predicted molar refractivity (Wildman–Crippen MR) is 103 cm³/mol. The highest BCUT2D eigenvalue weighted by Gasteiger charge is 2.15. The second-order valence-corrected chi connectivity index (χ2v) is 7.47. The summed E-state index contributed by atoms with van der Waals surface area (Å²) < 4.78 is 6.73. The summed E-state index contributed by atoms with van der Waals surface area (Å²) in [6.07, 6.45) is 4.41. The zero-order valence-electron chi connectivity index (χ0n) is 14.6. The lowest BCUT2D eigenvalue weighted by atomic mass is 10.1. The predicted octanol–water partition coefficient (Wildman–Crippen LogP) is 4.28. The van der Waals surface area contributed by atoms with Crippen LogP contribution in [0.4, 0.5) is 0 Å². The van der Waals surface area contributed by atoms with Crippen LogP contribution in [-0.2, 0) is 24.2 Å². The van der Waals surface area contributed by atoms with Crippen molar-refractivity contribution in [3.05, 3.63) is 66.9 Å². The molecule has 0 aliphatic heterocycles. The van der Waals surface area contributed by atoms with Crippen LogP contribution < -0.4 is 5.56 Å². The Hall–Kier alpha value is -2.18. The van der Waals surface area contributed by atoms with Crippen LogP contribution in [0, 0.1) is 0 Å². The summed E-state index contributed by atoms with van der Waals surface area (Å²) >= 11 is 7.38. The second-order valence-electron chi connectivity index (χ2n) is 5.90. The van der Waals surface area contributed by atoms with Gasteiger partial charge in [-0.25, -0.2) is 9.78 Å².